The largest absolute Gasteiger partial charge is 0.430 e. The number of ether oxygens (including phenoxy) is 1. The van der Waals surface area contributed by atoms with Gasteiger partial charge >= 0.3 is 5.97 Å². The van der Waals surface area contributed by atoms with Gasteiger partial charge in [0.05, 0.1) is 0 Å². The number of cyclic esters (lactones) is 1. The highest BCUT2D eigenvalue weighted by atomic mass is 16.5. The average molecular weight is 246 g/mol. The zero-order chi connectivity index (χ0) is 13.7. The molecule has 0 radical (unpaired) electrons. The molecule has 1 atom stereocenters. The minimum atomic E-state index is -1.24. The molecule has 1 heterocycles. The summed E-state index contributed by atoms with van der Waals surface area (Å²) in [7, 11) is 0. The highest BCUT2D eigenvalue weighted by Crippen LogP contribution is 2.14. The average Bonchev–Trinajstić information content (AvgIpc) is 2.67. The second-order valence-corrected chi connectivity index (χ2v) is 3.92. The topological polar surface area (TPSA) is 60.4 Å². The van der Waals surface area contributed by atoms with Gasteiger partial charge in [-0.3, -0.25) is 14.4 Å². The molecule has 0 amide bonds. The van der Waals surface area contributed by atoms with E-state index in [9.17, 15) is 14.4 Å². The summed E-state index contributed by atoms with van der Waals surface area (Å²) in [5.74, 6) is -2.74. The fourth-order valence-corrected chi connectivity index (χ4v) is 1.43. The minimum Gasteiger partial charge on any atom is -0.430 e. The Morgan fingerprint density at radius 1 is 1.28 bits per heavy atom. The molecule has 1 aliphatic heterocycles. The Balaban J connectivity index is 0.000000225. The van der Waals surface area contributed by atoms with Crippen LogP contribution in [0.1, 0.15) is 13.8 Å². The van der Waals surface area contributed by atoms with Crippen LogP contribution in [-0.2, 0) is 19.1 Å². The third-order valence-electron chi connectivity index (χ3n) is 2.27. The predicted molar refractivity (Wildman–Crippen MR) is 66.4 cm³/mol. The number of hydrogen-bond acceptors (Lipinski definition) is 4. The lowest BCUT2D eigenvalue weighted by molar-refractivity contribution is -0.152. The van der Waals surface area contributed by atoms with Crippen molar-refractivity contribution in [2.75, 3.05) is 0 Å². The summed E-state index contributed by atoms with van der Waals surface area (Å²) in [6.07, 6.45) is 9.05. The van der Waals surface area contributed by atoms with E-state index in [0.29, 0.717) is 0 Å². The molecule has 1 aliphatic carbocycles. The standard InChI is InChI=1S/C8H8O4.C6H6/c1-4-3-6(10)7(5(2)9)8(11)12-4;1-6-4-2-3-5-6/h3,7H,1-2H3;2-5H,1H2. The van der Waals surface area contributed by atoms with E-state index in [-0.39, 0.29) is 5.76 Å². The van der Waals surface area contributed by atoms with Crippen molar-refractivity contribution in [1.82, 2.24) is 0 Å². The molecule has 0 saturated carbocycles. The van der Waals surface area contributed by atoms with E-state index >= 15 is 0 Å². The normalized spacial score (nSPS) is 21.1. The highest BCUT2D eigenvalue weighted by molar-refractivity contribution is 6.21. The van der Waals surface area contributed by atoms with Crippen molar-refractivity contribution in [2.24, 2.45) is 5.92 Å². The molecular weight excluding hydrogens is 232 g/mol. The maximum atomic E-state index is 11.1. The maximum Gasteiger partial charge on any atom is 0.329 e. The Labute approximate surface area is 105 Å². The Morgan fingerprint density at radius 2 is 1.83 bits per heavy atom. The van der Waals surface area contributed by atoms with Crippen molar-refractivity contribution in [3.05, 3.63) is 48.3 Å². The van der Waals surface area contributed by atoms with Crippen LogP contribution in [0, 0.1) is 5.92 Å². The van der Waals surface area contributed by atoms with Crippen LogP contribution in [0.25, 0.3) is 0 Å². The molecule has 0 saturated heterocycles. The molecule has 18 heavy (non-hydrogen) atoms. The van der Waals surface area contributed by atoms with Crippen LogP contribution >= 0.6 is 0 Å². The third kappa shape index (κ3) is 3.66. The summed E-state index contributed by atoms with van der Waals surface area (Å²) < 4.78 is 4.61. The van der Waals surface area contributed by atoms with Crippen LogP contribution < -0.4 is 0 Å². The van der Waals surface area contributed by atoms with Crippen molar-refractivity contribution in [3.8, 4) is 0 Å². The van der Waals surface area contributed by atoms with E-state index in [2.05, 4.69) is 11.3 Å². The van der Waals surface area contributed by atoms with Crippen molar-refractivity contribution in [2.45, 2.75) is 13.8 Å². The zero-order valence-electron chi connectivity index (χ0n) is 10.3. The molecule has 1 unspecified atom stereocenters. The van der Waals surface area contributed by atoms with Gasteiger partial charge in [-0.05, 0) is 19.4 Å². The molecule has 0 fully saturated rings. The number of ketones is 2. The van der Waals surface area contributed by atoms with Crippen LogP contribution in [0.5, 0.6) is 0 Å². The van der Waals surface area contributed by atoms with Gasteiger partial charge in [0, 0.05) is 6.08 Å². The first kappa shape index (κ1) is 13.8. The van der Waals surface area contributed by atoms with Gasteiger partial charge in [-0.15, -0.1) is 0 Å². The van der Waals surface area contributed by atoms with Crippen LogP contribution in [0.15, 0.2) is 48.3 Å². The molecule has 94 valence electrons. The van der Waals surface area contributed by atoms with E-state index < -0.39 is 23.5 Å². The molecule has 0 aromatic heterocycles. The number of esters is 1. The Hall–Kier alpha value is -2.23. The van der Waals surface area contributed by atoms with Gasteiger partial charge in [-0.25, -0.2) is 0 Å². The first-order chi connectivity index (χ1) is 8.41. The van der Waals surface area contributed by atoms with E-state index in [4.69, 9.17) is 0 Å². The van der Waals surface area contributed by atoms with Crippen LogP contribution in [-0.4, -0.2) is 17.5 Å². The number of hydrogen-bond donors (Lipinski definition) is 0. The van der Waals surface area contributed by atoms with Gasteiger partial charge in [-0.2, -0.15) is 0 Å². The highest BCUT2D eigenvalue weighted by Gasteiger charge is 2.34. The molecule has 2 rings (SSSR count). The third-order valence-corrected chi connectivity index (χ3v) is 2.27. The van der Waals surface area contributed by atoms with Gasteiger partial charge in [-0.1, -0.05) is 30.9 Å². The summed E-state index contributed by atoms with van der Waals surface area (Å²) >= 11 is 0. The van der Waals surface area contributed by atoms with Crippen molar-refractivity contribution >= 4 is 17.5 Å². The lowest BCUT2D eigenvalue weighted by Crippen LogP contribution is -2.33. The summed E-state index contributed by atoms with van der Waals surface area (Å²) in [6, 6.07) is 0. The van der Waals surface area contributed by atoms with E-state index in [0.717, 1.165) is 11.6 Å². The molecule has 0 aromatic rings. The minimum absolute atomic E-state index is 0.238. The van der Waals surface area contributed by atoms with Gasteiger partial charge < -0.3 is 4.74 Å². The van der Waals surface area contributed by atoms with E-state index in [1.807, 2.05) is 24.3 Å². The first-order valence-corrected chi connectivity index (χ1v) is 5.39. The van der Waals surface area contributed by atoms with Crippen molar-refractivity contribution in [1.29, 1.82) is 0 Å². The Morgan fingerprint density at radius 3 is 2.17 bits per heavy atom. The first-order valence-electron chi connectivity index (χ1n) is 5.39. The summed E-state index contributed by atoms with van der Waals surface area (Å²) in [4.78, 5) is 32.8. The maximum absolute atomic E-state index is 11.1. The lowest BCUT2D eigenvalue weighted by Gasteiger charge is -2.15. The lowest BCUT2D eigenvalue weighted by atomic mass is 9.98. The molecule has 0 spiro atoms. The van der Waals surface area contributed by atoms with Crippen molar-refractivity contribution < 1.29 is 19.1 Å². The number of Topliss-reactive ketones (excluding diaryl/α,β-unsaturated/α-hetero) is 1. The number of carbonyl (C=O) groups excluding carboxylic acids is 3. The van der Waals surface area contributed by atoms with E-state index in [1.54, 1.807) is 0 Å². The monoisotopic (exact) mass is 246 g/mol. The summed E-state index contributed by atoms with van der Waals surface area (Å²) in [6.45, 7) is 6.37. The number of carbonyl (C=O) groups is 3. The predicted octanol–water partition coefficient (Wildman–Crippen LogP) is 1.89. The molecule has 0 aromatic carbocycles. The van der Waals surface area contributed by atoms with Crippen LogP contribution in [0.4, 0.5) is 0 Å². The number of allylic oxidation sites excluding steroid dienone is 7. The Bertz CT molecular complexity index is 478. The van der Waals surface area contributed by atoms with E-state index in [1.165, 1.54) is 13.8 Å². The summed E-state index contributed by atoms with van der Waals surface area (Å²) in [5.41, 5.74) is 1.09. The molecular formula is C14H14O4. The second-order valence-electron chi connectivity index (χ2n) is 3.92. The quantitative estimate of drug-likeness (QED) is 0.523. The smallest absolute Gasteiger partial charge is 0.329 e. The molecule has 2 aliphatic rings. The zero-order valence-corrected chi connectivity index (χ0v) is 10.3. The Kier molecular flexibility index (Phi) is 4.54. The number of rotatable bonds is 1. The van der Waals surface area contributed by atoms with Crippen LogP contribution in [0.2, 0.25) is 0 Å². The van der Waals surface area contributed by atoms with Gasteiger partial charge in [0.25, 0.3) is 0 Å². The van der Waals surface area contributed by atoms with Crippen molar-refractivity contribution in [3.63, 3.8) is 0 Å². The molecule has 0 bridgehead atoms. The SMILES string of the molecule is C=C1C=CC=C1.CC(=O)C1C(=O)C=C(C)OC1=O. The molecule has 0 N–H and O–H groups in total. The van der Waals surface area contributed by atoms with Crippen LogP contribution in [0.3, 0.4) is 0 Å². The summed E-state index contributed by atoms with van der Waals surface area (Å²) in [5, 5.41) is 0. The fourth-order valence-electron chi connectivity index (χ4n) is 1.43. The molecule has 4 nitrogen and oxygen atoms in total. The van der Waals surface area contributed by atoms with Gasteiger partial charge in [0.1, 0.15) is 5.76 Å². The molecule has 4 heteroatoms. The fraction of sp³-hybridized carbons (Fsp3) is 0.214. The van der Waals surface area contributed by atoms with Gasteiger partial charge in [0.15, 0.2) is 17.5 Å². The second kappa shape index (κ2) is 5.91. The van der Waals surface area contributed by atoms with Gasteiger partial charge in [0.2, 0.25) is 0 Å².